The molecule has 0 radical (unpaired) electrons. The van der Waals surface area contributed by atoms with E-state index in [1.165, 1.54) is 25.6 Å². The van der Waals surface area contributed by atoms with Gasteiger partial charge >= 0.3 is 0 Å². The van der Waals surface area contributed by atoms with E-state index >= 15 is 0 Å². The number of fused-ring (bicyclic) bond motifs is 1. The van der Waals surface area contributed by atoms with Crippen molar-refractivity contribution in [3.63, 3.8) is 0 Å². The summed E-state index contributed by atoms with van der Waals surface area (Å²) in [5, 5.41) is 9.13. The fourth-order valence-electron chi connectivity index (χ4n) is 4.60. The summed E-state index contributed by atoms with van der Waals surface area (Å²) >= 11 is -2.32. The molecule has 166 valence electrons. The van der Waals surface area contributed by atoms with Crippen molar-refractivity contribution in [3.05, 3.63) is 54.5 Å². The normalized spacial score (nSPS) is 15.9. The maximum absolute atomic E-state index is 10.9. The van der Waals surface area contributed by atoms with Crippen molar-refractivity contribution in [2.24, 2.45) is 0 Å². The van der Waals surface area contributed by atoms with Crippen LogP contribution in [0.2, 0.25) is 0 Å². The van der Waals surface area contributed by atoms with Gasteiger partial charge in [-0.15, -0.1) is 0 Å². The van der Waals surface area contributed by atoms with Crippen molar-refractivity contribution in [1.29, 1.82) is 0 Å². The molecule has 10 heteroatoms. The maximum atomic E-state index is 10.9. The standard InChI is InChI=1S/C22H25N7O2S/c23-22-21-18(19-9-10-25-28(19)17-7-2-1-3-8-17)12-20(29(21)26-14-24-22)16-6-4-5-15(11-16)13-27-32(30)31/h4-6,9-12,14,17,27H,1-3,7-8,13H2,(H,30,31)(H2,23,24,26)/p-1. The molecule has 32 heavy (non-hydrogen) atoms. The molecular formula is C22H24N7O2S-. The smallest absolute Gasteiger partial charge is 0.152 e. The molecule has 3 aromatic heterocycles. The predicted molar refractivity (Wildman–Crippen MR) is 122 cm³/mol. The number of hydrogen-bond acceptors (Lipinski definition) is 6. The highest BCUT2D eigenvalue weighted by Gasteiger charge is 2.23. The Morgan fingerprint density at radius 3 is 2.78 bits per heavy atom. The largest absolute Gasteiger partial charge is 0.760 e. The van der Waals surface area contributed by atoms with Crippen LogP contribution in [0.25, 0.3) is 28.0 Å². The summed E-state index contributed by atoms with van der Waals surface area (Å²) in [5.41, 5.74) is 11.6. The van der Waals surface area contributed by atoms with Crippen LogP contribution in [0.1, 0.15) is 43.7 Å². The summed E-state index contributed by atoms with van der Waals surface area (Å²) in [7, 11) is 0. The third kappa shape index (κ3) is 3.92. The van der Waals surface area contributed by atoms with Gasteiger partial charge in [0.1, 0.15) is 11.8 Å². The molecule has 0 saturated heterocycles. The number of nitrogens with two attached hydrogens (primary N) is 1. The molecule has 1 saturated carbocycles. The monoisotopic (exact) mass is 450 g/mol. The molecule has 1 aliphatic carbocycles. The zero-order valence-corrected chi connectivity index (χ0v) is 18.3. The summed E-state index contributed by atoms with van der Waals surface area (Å²) in [4.78, 5) is 4.23. The molecule has 0 aliphatic heterocycles. The number of hydrogen-bond donors (Lipinski definition) is 2. The number of nitrogen functional groups attached to an aromatic ring is 1. The summed E-state index contributed by atoms with van der Waals surface area (Å²) in [6.45, 7) is 0.214. The third-order valence-corrected chi connectivity index (χ3v) is 6.45. The number of nitrogens with zero attached hydrogens (tertiary/aromatic N) is 5. The van der Waals surface area contributed by atoms with E-state index in [1.54, 1.807) is 4.52 Å². The fourth-order valence-corrected chi connectivity index (χ4v) is 4.88. The Morgan fingerprint density at radius 2 is 1.97 bits per heavy atom. The van der Waals surface area contributed by atoms with Crippen molar-refractivity contribution in [1.82, 2.24) is 29.1 Å². The molecule has 4 aromatic rings. The number of anilines is 1. The van der Waals surface area contributed by atoms with E-state index in [0.29, 0.717) is 11.9 Å². The Hall–Kier alpha value is -3.08. The first-order chi connectivity index (χ1) is 15.6. The van der Waals surface area contributed by atoms with Gasteiger partial charge in [-0.1, -0.05) is 37.5 Å². The van der Waals surface area contributed by atoms with Crippen LogP contribution in [0, 0.1) is 0 Å². The first-order valence-corrected chi connectivity index (χ1v) is 11.8. The SMILES string of the molecule is Nc1ncnn2c(-c3cccc(CNS(=O)[O-])c3)cc(-c3ccnn3C3CCCCC3)c12. The van der Waals surface area contributed by atoms with Crippen LogP contribution in [0.15, 0.2) is 48.9 Å². The van der Waals surface area contributed by atoms with Crippen LogP contribution in [-0.2, 0) is 17.8 Å². The van der Waals surface area contributed by atoms with E-state index in [9.17, 15) is 8.76 Å². The zero-order chi connectivity index (χ0) is 22.1. The highest BCUT2D eigenvalue weighted by molar-refractivity contribution is 7.77. The van der Waals surface area contributed by atoms with Gasteiger partial charge in [0, 0.05) is 35.1 Å². The highest BCUT2D eigenvalue weighted by atomic mass is 32.2. The zero-order valence-electron chi connectivity index (χ0n) is 17.5. The van der Waals surface area contributed by atoms with Crippen LogP contribution in [0.4, 0.5) is 5.82 Å². The van der Waals surface area contributed by atoms with Gasteiger partial charge in [0.25, 0.3) is 0 Å². The number of aromatic nitrogens is 5. The number of nitrogens with one attached hydrogen (secondary N) is 1. The van der Waals surface area contributed by atoms with Gasteiger partial charge in [0.05, 0.1) is 17.4 Å². The molecule has 0 spiro atoms. The molecule has 9 nitrogen and oxygen atoms in total. The van der Waals surface area contributed by atoms with Crippen molar-refractivity contribution in [2.45, 2.75) is 44.7 Å². The molecule has 3 heterocycles. The van der Waals surface area contributed by atoms with Crippen LogP contribution in [0.5, 0.6) is 0 Å². The summed E-state index contributed by atoms with van der Waals surface area (Å²) < 4.78 is 28.1. The van der Waals surface area contributed by atoms with Crippen molar-refractivity contribution < 1.29 is 8.76 Å². The Morgan fingerprint density at radius 1 is 1.12 bits per heavy atom. The molecule has 0 bridgehead atoms. The lowest BCUT2D eigenvalue weighted by molar-refractivity contribution is 0.332. The van der Waals surface area contributed by atoms with Gasteiger partial charge in [0.2, 0.25) is 0 Å². The topological polar surface area (TPSA) is 126 Å². The van der Waals surface area contributed by atoms with Gasteiger partial charge in [-0.25, -0.2) is 14.2 Å². The maximum Gasteiger partial charge on any atom is 0.152 e. The molecule has 1 aromatic carbocycles. The van der Waals surface area contributed by atoms with Crippen LogP contribution in [-0.4, -0.2) is 33.1 Å². The second kappa shape index (κ2) is 8.81. The predicted octanol–water partition coefficient (Wildman–Crippen LogP) is 3.23. The van der Waals surface area contributed by atoms with Crippen molar-refractivity contribution in [2.75, 3.05) is 5.73 Å². The Bertz CT molecular complexity index is 1280. The molecule has 1 unspecified atom stereocenters. The number of rotatable bonds is 6. The lowest BCUT2D eigenvalue weighted by atomic mass is 9.95. The second-order valence-corrected chi connectivity index (χ2v) is 8.82. The average Bonchev–Trinajstić information content (AvgIpc) is 3.44. The minimum Gasteiger partial charge on any atom is -0.760 e. The van der Waals surface area contributed by atoms with E-state index in [4.69, 9.17) is 5.73 Å². The molecule has 1 atom stereocenters. The molecule has 1 aliphatic rings. The van der Waals surface area contributed by atoms with Gasteiger partial charge in [0.15, 0.2) is 5.82 Å². The van der Waals surface area contributed by atoms with Gasteiger partial charge in [-0.2, -0.15) is 10.2 Å². The highest BCUT2D eigenvalue weighted by Crippen LogP contribution is 2.37. The van der Waals surface area contributed by atoms with E-state index in [1.807, 2.05) is 36.5 Å². The lowest BCUT2D eigenvalue weighted by Crippen LogP contribution is -2.15. The fraction of sp³-hybridized carbons (Fsp3) is 0.318. The first-order valence-electron chi connectivity index (χ1n) is 10.7. The molecule has 3 N–H and O–H groups in total. The minimum absolute atomic E-state index is 0.214. The third-order valence-electron chi connectivity index (χ3n) is 6.07. The molecule has 5 rings (SSSR count). The first kappa shape index (κ1) is 20.8. The van der Waals surface area contributed by atoms with Crippen LogP contribution in [0.3, 0.4) is 0 Å². The Balaban J connectivity index is 1.63. The quantitative estimate of drug-likeness (QED) is 0.434. The summed E-state index contributed by atoms with van der Waals surface area (Å²) in [6, 6.07) is 12.2. The van der Waals surface area contributed by atoms with Gasteiger partial charge < -0.3 is 10.3 Å². The van der Waals surface area contributed by atoms with E-state index in [-0.39, 0.29) is 6.54 Å². The molecular weight excluding hydrogens is 426 g/mol. The lowest BCUT2D eigenvalue weighted by Gasteiger charge is -2.23. The average molecular weight is 451 g/mol. The minimum atomic E-state index is -2.32. The van der Waals surface area contributed by atoms with E-state index < -0.39 is 11.3 Å². The number of benzene rings is 1. The van der Waals surface area contributed by atoms with Gasteiger partial charge in [-0.3, -0.25) is 8.89 Å². The van der Waals surface area contributed by atoms with Crippen molar-refractivity contribution >= 4 is 22.6 Å². The van der Waals surface area contributed by atoms with Crippen LogP contribution < -0.4 is 10.5 Å². The van der Waals surface area contributed by atoms with Gasteiger partial charge in [-0.05, 0) is 36.6 Å². The Kier molecular flexibility index (Phi) is 5.73. The van der Waals surface area contributed by atoms with E-state index in [2.05, 4.69) is 30.7 Å². The second-order valence-electron chi connectivity index (χ2n) is 8.06. The van der Waals surface area contributed by atoms with Crippen LogP contribution >= 0.6 is 0 Å². The Labute approximate surface area is 188 Å². The van der Waals surface area contributed by atoms with Crippen molar-refractivity contribution in [3.8, 4) is 22.5 Å². The molecule has 1 fully saturated rings. The summed E-state index contributed by atoms with van der Waals surface area (Å²) in [5.74, 6) is 0.400. The molecule has 0 amide bonds. The van der Waals surface area contributed by atoms with E-state index in [0.717, 1.165) is 46.4 Å². The summed E-state index contributed by atoms with van der Waals surface area (Å²) in [6.07, 6.45) is 9.23.